The number of para-hydroxylation sites is 2. The lowest BCUT2D eigenvalue weighted by molar-refractivity contribution is -0.984. The van der Waals surface area contributed by atoms with E-state index in [1.807, 2.05) is 60.9 Å². The number of terminal acetylenes is 2. The first-order valence-corrected chi connectivity index (χ1v) is 19.2. The Morgan fingerprint density at radius 2 is 1.04 bits per heavy atom. The second-order valence-electron chi connectivity index (χ2n) is 16.4. The molecule has 6 aliphatic rings. The summed E-state index contributed by atoms with van der Waals surface area (Å²) in [4.78, 5) is 9.14. The van der Waals surface area contributed by atoms with Crippen molar-refractivity contribution in [3.05, 3.63) is 120 Å². The molecule has 2 N–H and O–H groups in total. The van der Waals surface area contributed by atoms with Crippen LogP contribution in [0.15, 0.2) is 97.3 Å². The third kappa shape index (κ3) is 5.53. The van der Waals surface area contributed by atoms with Gasteiger partial charge in [0.05, 0.1) is 49.0 Å². The van der Waals surface area contributed by atoms with Crippen molar-refractivity contribution in [2.24, 2.45) is 23.7 Å². The number of rotatable bonds is 8. The van der Waals surface area contributed by atoms with Crippen molar-refractivity contribution in [3.8, 4) is 24.7 Å². The zero-order valence-corrected chi connectivity index (χ0v) is 29.8. The maximum atomic E-state index is 12.2. The van der Waals surface area contributed by atoms with Crippen LogP contribution in [0, 0.1) is 48.4 Å². The van der Waals surface area contributed by atoms with Gasteiger partial charge in [0, 0.05) is 60.0 Å². The molecule has 0 spiro atoms. The van der Waals surface area contributed by atoms with E-state index in [-0.39, 0.29) is 23.9 Å². The van der Waals surface area contributed by atoms with Gasteiger partial charge in [-0.2, -0.15) is 0 Å². The van der Waals surface area contributed by atoms with Gasteiger partial charge < -0.3 is 19.2 Å². The van der Waals surface area contributed by atoms with E-state index in [9.17, 15) is 10.2 Å². The minimum absolute atomic E-state index is 0.0639. The van der Waals surface area contributed by atoms with Gasteiger partial charge in [-0.15, -0.1) is 12.8 Å². The monoisotopic (exact) mass is 688 g/mol. The Bertz CT molecular complexity index is 2040. The minimum atomic E-state index is -0.600. The van der Waals surface area contributed by atoms with Crippen molar-refractivity contribution in [1.29, 1.82) is 0 Å². The zero-order chi connectivity index (χ0) is 35.5. The zero-order valence-electron chi connectivity index (χ0n) is 29.8. The Morgan fingerprint density at radius 1 is 0.615 bits per heavy atom. The summed E-state index contributed by atoms with van der Waals surface area (Å²) in [5.41, 5.74) is 6.31. The van der Waals surface area contributed by atoms with Crippen molar-refractivity contribution in [2.75, 3.05) is 26.2 Å². The summed E-state index contributed by atoms with van der Waals surface area (Å²) in [6, 6.07) is 29.6. The Balaban J connectivity index is 1.00. The summed E-state index contributed by atoms with van der Waals surface area (Å²) >= 11 is 0. The number of hydrogen-bond acceptors (Lipinski definition) is 4. The quantitative estimate of drug-likeness (QED) is 0.137. The van der Waals surface area contributed by atoms with Gasteiger partial charge in [-0.1, -0.05) is 72.5 Å². The highest BCUT2D eigenvalue weighted by molar-refractivity contribution is 5.83. The van der Waals surface area contributed by atoms with Crippen LogP contribution < -0.4 is 0 Å². The van der Waals surface area contributed by atoms with E-state index in [1.54, 1.807) is 0 Å². The summed E-state index contributed by atoms with van der Waals surface area (Å²) in [6.07, 6.45) is 18.8. The van der Waals surface area contributed by atoms with Gasteiger partial charge >= 0.3 is 0 Å². The number of aliphatic hydroxyl groups is 2. The molecular formula is C46H48N4O2+2. The molecule has 5 aromatic rings. The molecule has 4 bridgehead atoms. The van der Waals surface area contributed by atoms with E-state index in [4.69, 9.17) is 12.8 Å². The third-order valence-electron chi connectivity index (χ3n) is 13.8. The summed E-state index contributed by atoms with van der Waals surface area (Å²) in [5.74, 6) is 7.63. The standard InChI is InChI=1S/C46H48N4O2/c1-3-33-29-49(23-19-35(33)25-43(49)45(51)39-17-21-47-41-11-7-5-9-37(39)41)27-31-13-15-32(16-14-31)28-50-24-20-36(34(4-2)30-50)26-44(50)46(52)40-18-22-48-42-12-8-6-10-38(40)42/h1-2,5-18,21-22,33-36,43-46,51-52H,19-20,23-30H2/q+2/t33-,34-,35-,36-,43+,44+,45+,46+,49+,50+/m0/s1. The van der Waals surface area contributed by atoms with Crippen molar-refractivity contribution in [3.63, 3.8) is 0 Å². The van der Waals surface area contributed by atoms with E-state index in [0.717, 1.165) is 107 Å². The number of pyridine rings is 2. The highest BCUT2D eigenvalue weighted by Crippen LogP contribution is 2.49. The van der Waals surface area contributed by atoms with Crippen LogP contribution in [0.25, 0.3) is 21.8 Å². The molecule has 2 aromatic heterocycles. The second kappa shape index (κ2) is 13.1. The molecule has 6 saturated heterocycles. The summed E-state index contributed by atoms with van der Waals surface area (Å²) in [7, 11) is 0. The molecule has 0 aliphatic carbocycles. The van der Waals surface area contributed by atoms with Gasteiger partial charge in [-0.05, 0) is 47.2 Å². The second-order valence-corrected chi connectivity index (χ2v) is 16.4. The Hall–Kier alpha value is -4.56. The number of quaternary nitrogens is 2. The van der Waals surface area contributed by atoms with Gasteiger partial charge in [0.25, 0.3) is 0 Å². The van der Waals surface area contributed by atoms with Crippen LogP contribution in [-0.4, -0.2) is 67.4 Å². The van der Waals surface area contributed by atoms with Gasteiger partial charge in [0.1, 0.15) is 37.4 Å². The van der Waals surface area contributed by atoms with E-state index >= 15 is 0 Å². The molecule has 6 aliphatic heterocycles. The van der Waals surface area contributed by atoms with Crippen molar-refractivity contribution in [1.82, 2.24) is 9.97 Å². The van der Waals surface area contributed by atoms with E-state index in [0.29, 0.717) is 11.8 Å². The molecule has 262 valence electrons. The topological polar surface area (TPSA) is 66.2 Å². The molecule has 8 heterocycles. The highest BCUT2D eigenvalue weighted by atomic mass is 16.3. The molecular weight excluding hydrogens is 641 g/mol. The molecule has 0 saturated carbocycles. The molecule has 6 fully saturated rings. The molecule has 0 unspecified atom stereocenters. The van der Waals surface area contributed by atoms with Gasteiger partial charge in [0.15, 0.2) is 0 Å². The number of fused-ring (bicyclic) bond motifs is 8. The maximum Gasteiger partial charge on any atom is 0.131 e. The fourth-order valence-electron chi connectivity index (χ4n) is 11.1. The normalized spacial score (nSPS) is 31.9. The third-order valence-corrected chi connectivity index (χ3v) is 13.8. The van der Waals surface area contributed by atoms with E-state index in [2.05, 4.69) is 58.2 Å². The number of aliphatic hydroxyl groups excluding tert-OH is 2. The average Bonchev–Trinajstić information content (AvgIpc) is 3.20. The summed E-state index contributed by atoms with van der Waals surface area (Å²) < 4.78 is 1.61. The predicted octanol–water partition coefficient (Wildman–Crippen LogP) is 6.97. The van der Waals surface area contributed by atoms with Gasteiger partial charge in [0.2, 0.25) is 0 Å². The smallest absolute Gasteiger partial charge is 0.131 e. The van der Waals surface area contributed by atoms with Crippen LogP contribution >= 0.6 is 0 Å². The summed E-state index contributed by atoms with van der Waals surface area (Å²) in [5, 5.41) is 26.4. The van der Waals surface area contributed by atoms with Crippen molar-refractivity contribution >= 4 is 21.8 Å². The first kappa shape index (κ1) is 33.3. The maximum absolute atomic E-state index is 12.2. The molecule has 6 nitrogen and oxygen atoms in total. The Labute approximate surface area is 307 Å². The lowest BCUT2D eigenvalue weighted by atomic mass is 9.71. The number of hydrogen-bond donors (Lipinski definition) is 2. The van der Waals surface area contributed by atoms with Crippen LogP contribution in [0.1, 0.15) is 60.1 Å². The fourth-order valence-corrected chi connectivity index (χ4v) is 11.1. The molecule has 52 heavy (non-hydrogen) atoms. The van der Waals surface area contributed by atoms with Crippen LogP contribution in [0.2, 0.25) is 0 Å². The predicted molar refractivity (Wildman–Crippen MR) is 205 cm³/mol. The number of aromatic nitrogens is 2. The van der Waals surface area contributed by atoms with E-state index < -0.39 is 12.2 Å². The van der Waals surface area contributed by atoms with Crippen molar-refractivity contribution < 1.29 is 19.2 Å². The Kier molecular flexibility index (Phi) is 8.41. The summed E-state index contributed by atoms with van der Waals surface area (Å²) in [6.45, 7) is 5.51. The van der Waals surface area contributed by atoms with Crippen molar-refractivity contribution in [2.45, 2.75) is 63.1 Å². The van der Waals surface area contributed by atoms with Gasteiger partial charge in [-0.25, -0.2) is 0 Å². The number of nitrogens with zero attached hydrogens (tertiary/aromatic N) is 4. The fraction of sp³-hybridized carbons (Fsp3) is 0.391. The van der Waals surface area contributed by atoms with Gasteiger partial charge in [-0.3, -0.25) is 9.97 Å². The van der Waals surface area contributed by atoms with Crippen LogP contribution in [0.3, 0.4) is 0 Å². The number of benzene rings is 3. The number of piperidine rings is 6. The molecule has 0 radical (unpaired) electrons. The SMILES string of the molecule is C#C[C@H]1C[N@+]2(Cc3ccc(C[N@@+]45CC[C@@H](C[C@@H]4[C@H](O)c4ccnc6ccccc46)[C@@H](C#C)C5)cc3)CC[C@H]1C[C@@H]2[C@H](O)c1ccnc2ccccc12. The molecule has 0 amide bonds. The lowest BCUT2D eigenvalue weighted by Gasteiger charge is -2.58. The molecule has 11 rings (SSSR count). The average molecular weight is 689 g/mol. The highest BCUT2D eigenvalue weighted by Gasteiger charge is 2.56. The molecule has 6 heteroatoms. The molecule has 3 aromatic carbocycles. The molecule has 10 atom stereocenters. The largest absolute Gasteiger partial charge is 0.382 e. The van der Waals surface area contributed by atoms with E-state index in [1.165, 1.54) is 11.1 Å². The minimum Gasteiger partial charge on any atom is -0.382 e. The first-order valence-electron chi connectivity index (χ1n) is 19.2. The van der Waals surface area contributed by atoms with Crippen LogP contribution in [0.5, 0.6) is 0 Å². The lowest BCUT2D eigenvalue weighted by Crippen LogP contribution is -2.67. The van der Waals surface area contributed by atoms with Crippen LogP contribution in [0.4, 0.5) is 0 Å². The first-order chi connectivity index (χ1) is 25.4. The van der Waals surface area contributed by atoms with Crippen LogP contribution in [-0.2, 0) is 13.1 Å². The Morgan fingerprint density at radius 3 is 1.46 bits per heavy atom.